The molecular formula is C21H22Cl4N2O2. The van der Waals surface area contributed by atoms with E-state index in [1.165, 1.54) is 0 Å². The van der Waals surface area contributed by atoms with Gasteiger partial charge >= 0.3 is 0 Å². The van der Waals surface area contributed by atoms with E-state index in [9.17, 15) is 9.59 Å². The standard InChI is InChI=1S/C21H22Cl4N2O2/c22-14-8-10-16(24)18(12-14)26-20(28)6-4-2-1-3-5-7-21(29)27-19-13-15(23)9-11-17(19)25/h8-13H,1-7H2,(H,26,28)(H,27,29). The maximum Gasteiger partial charge on any atom is 0.224 e. The summed E-state index contributed by atoms with van der Waals surface area (Å²) in [4.78, 5) is 24.0. The second kappa shape index (κ2) is 12.3. The van der Waals surface area contributed by atoms with E-state index in [4.69, 9.17) is 46.4 Å². The second-order valence-corrected chi connectivity index (χ2v) is 8.30. The Labute approximate surface area is 190 Å². The van der Waals surface area contributed by atoms with E-state index in [-0.39, 0.29) is 11.8 Å². The minimum atomic E-state index is -0.0908. The number of unbranched alkanes of at least 4 members (excludes halogenated alkanes) is 4. The Kier molecular flexibility index (Phi) is 10.1. The fraction of sp³-hybridized carbons (Fsp3) is 0.333. The van der Waals surface area contributed by atoms with Crippen molar-refractivity contribution < 1.29 is 9.59 Å². The molecule has 0 saturated carbocycles. The van der Waals surface area contributed by atoms with Gasteiger partial charge in [0.15, 0.2) is 0 Å². The van der Waals surface area contributed by atoms with Gasteiger partial charge in [0, 0.05) is 22.9 Å². The Hall–Kier alpha value is -1.46. The second-order valence-electron chi connectivity index (χ2n) is 6.61. The molecule has 2 rings (SSSR count). The van der Waals surface area contributed by atoms with Crippen molar-refractivity contribution in [1.82, 2.24) is 0 Å². The zero-order chi connectivity index (χ0) is 21.2. The fourth-order valence-corrected chi connectivity index (χ4v) is 3.39. The first-order chi connectivity index (χ1) is 13.8. The van der Waals surface area contributed by atoms with E-state index in [1.807, 2.05) is 0 Å². The zero-order valence-corrected chi connectivity index (χ0v) is 18.8. The van der Waals surface area contributed by atoms with E-state index in [0.29, 0.717) is 44.3 Å². The van der Waals surface area contributed by atoms with Crippen molar-refractivity contribution in [2.45, 2.75) is 44.9 Å². The summed E-state index contributed by atoms with van der Waals surface area (Å²) in [5.74, 6) is -0.182. The number of benzene rings is 2. The first-order valence-corrected chi connectivity index (χ1v) is 10.9. The molecule has 8 heteroatoms. The summed E-state index contributed by atoms with van der Waals surface area (Å²) < 4.78 is 0. The predicted octanol–water partition coefficient (Wildman–Crippen LogP) is 7.61. The lowest BCUT2D eigenvalue weighted by Gasteiger charge is -2.08. The Morgan fingerprint density at radius 3 is 1.41 bits per heavy atom. The SMILES string of the molecule is O=C(CCCCCCCC(=O)Nc1cc(Cl)ccc1Cl)Nc1cc(Cl)ccc1Cl. The molecule has 0 unspecified atom stereocenters. The molecule has 0 saturated heterocycles. The summed E-state index contributed by atoms with van der Waals surface area (Å²) >= 11 is 23.9. The van der Waals surface area contributed by atoms with Gasteiger partial charge in [-0.1, -0.05) is 65.7 Å². The smallest absolute Gasteiger partial charge is 0.224 e. The number of anilines is 2. The third-order valence-corrected chi connectivity index (χ3v) is 5.34. The molecule has 0 aromatic heterocycles. The third-order valence-electron chi connectivity index (χ3n) is 4.21. The van der Waals surface area contributed by atoms with Crippen molar-refractivity contribution in [3.05, 3.63) is 56.5 Å². The third kappa shape index (κ3) is 8.83. The number of halogens is 4. The highest BCUT2D eigenvalue weighted by atomic mass is 35.5. The Bertz CT molecular complexity index is 789. The van der Waals surface area contributed by atoms with E-state index in [0.717, 1.165) is 32.1 Å². The topological polar surface area (TPSA) is 58.2 Å². The van der Waals surface area contributed by atoms with Gasteiger partial charge in [-0.2, -0.15) is 0 Å². The Morgan fingerprint density at radius 1 is 0.621 bits per heavy atom. The molecule has 156 valence electrons. The molecule has 4 nitrogen and oxygen atoms in total. The molecular weight excluding hydrogens is 454 g/mol. The van der Waals surface area contributed by atoms with Crippen LogP contribution in [0.3, 0.4) is 0 Å². The zero-order valence-electron chi connectivity index (χ0n) is 15.7. The Morgan fingerprint density at radius 2 is 1.00 bits per heavy atom. The number of hydrogen-bond donors (Lipinski definition) is 2. The molecule has 0 aliphatic heterocycles. The van der Waals surface area contributed by atoms with Crippen molar-refractivity contribution in [3.63, 3.8) is 0 Å². The van der Waals surface area contributed by atoms with Gasteiger partial charge in [0.2, 0.25) is 11.8 Å². The lowest BCUT2D eigenvalue weighted by Crippen LogP contribution is -2.11. The van der Waals surface area contributed by atoms with Crippen LogP contribution in [0.25, 0.3) is 0 Å². The van der Waals surface area contributed by atoms with Crippen LogP contribution in [0.1, 0.15) is 44.9 Å². The molecule has 0 radical (unpaired) electrons. The molecule has 0 spiro atoms. The van der Waals surface area contributed by atoms with E-state index in [2.05, 4.69) is 10.6 Å². The Balaban J connectivity index is 1.56. The van der Waals surface area contributed by atoms with Crippen molar-refractivity contribution >= 4 is 69.6 Å². The largest absolute Gasteiger partial charge is 0.325 e. The van der Waals surface area contributed by atoms with Crippen LogP contribution in [0.2, 0.25) is 20.1 Å². The van der Waals surface area contributed by atoms with Gasteiger partial charge < -0.3 is 10.6 Å². The quantitative estimate of drug-likeness (QED) is 0.347. The molecule has 2 amide bonds. The van der Waals surface area contributed by atoms with Crippen LogP contribution in [0.5, 0.6) is 0 Å². The molecule has 2 aromatic rings. The minimum Gasteiger partial charge on any atom is -0.325 e. The highest BCUT2D eigenvalue weighted by Crippen LogP contribution is 2.26. The molecule has 0 heterocycles. The van der Waals surface area contributed by atoms with Gasteiger partial charge in [0.1, 0.15) is 0 Å². The summed E-state index contributed by atoms with van der Waals surface area (Å²) in [7, 11) is 0. The summed E-state index contributed by atoms with van der Waals surface area (Å²) in [6.45, 7) is 0. The van der Waals surface area contributed by atoms with Crippen LogP contribution < -0.4 is 10.6 Å². The maximum atomic E-state index is 12.0. The van der Waals surface area contributed by atoms with Crippen LogP contribution in [0.15, 0.2) is 36.4 Å². The monoisotopic (exact) mass is 474 g/mol. The van der Waals surface area contributed by atoms with Crippen LogP contribution in [-0.4, -0.2) is 11.8 Å². The summed E-state index contributed by atoms with van der Waals surface area (Å²) in [6, 6.07) is 9.89. The lowest BCUT2D eigenvalue weighted by molar-refractivity contribution is -0.117. The number of carbonyl (C=O) groups excluding carboxylic acids is 2. The van der Waals surface area contributed by atoms with E-state index in [1.54, 1.807) is 36.4 Å². The summed E-state index contributed by atoms with van der Waals surface area (Å²) in [6.07, 6.45) is 5.16. The molecule has 29 heavy (non-hydrogen) atoms. The minimum absolute atomic E-state index is 0.0908. The highest BCUT2D eigenvalue weighted by molar-refractivity contribution is 6.36. The van der Waals surface area contributed by atoms with Crippen molar-refractivity contribution in [1.29, 1.82) is 0 Å². The van der Waals surface area contributed by atoms with Gasteiger partial charge in [-0.15, -0.1) is 0 Å². The summed E-state index contributed by atoms with van der Waals surface area (Å²) in [5, 5.41) is 7.50. The molecule has 0 atom stereocenters. The number of hydrogen-bond acceptors (Lipinski definition) is 2. The fourth-order valence-electron chi connectivity index (χ4n) is 2.71. The average Bonchev–Trinajstić information content (AvgIpc) is 2.67. The maximum absolute atomic E-state index is 12.0. The van der Waals surface area contributed by atoms with Crippen molar-refractivity contribution in [2.75, 3.05) is 10.6 Å². The van der Waals surface area contributed by atoms with Gasteiger partial charge in [-0.25, -0.2) is 0 Å². The molecule has 0 bridgehead atoms. The highest BCUT2D eigenvalue weighted by Gasteiger charge is 2.08. The first-order valence-electron chi connectivity index (χ1n) is 9.35. The number of rotatable bonds is 10. The normalized spacial score (nSPS) is 10.6. The van der Waals surface area contributed by atoms with Gasteiger partial charge in [0.05, 0.1) is 21.4 Å². The molecule has 0 aliphatic carbocycles. The van der Waals surface area contributed by atoms with Crippen LogP contribution in [-0.2, 0) is 9.59 Å². The molecule has 0 fully saturated rings. The van der Waals surface area contributed by atoms with Crippen LogP contribution in [0.4, 0.5) is 11.4 Å². The first kappa shape index (κ1) is 23.8. The van der Waals surface area contributed by atoms with Gasteiger partial charge in [-0.05, 0) is 49.2 Å². The van der Waals surface area contributed by atoms with Gasteiger partial charge in [-0.3, -0.25) is 9.59 Å². The van der Waals surface area contributed by atoms with Gasteiger partial charge in [0.25, 0.3) is 0 Å². The number of nitrogens with one attached hydrogen (secondary N) is 2. The van der Waals surface area contributed by atoms with E-state index < -0.39 is 0 Å². The average molecular weight is 476 g/mol. The molecule has 2 aromatic carbocycles. The van der Waals surface area contributed by atoms with Crippen LogP contribution >= 0.6 is 46.4 Å². The van der Waals surface area contributed by atoms with Crippen LogP contribution in [0, 0.1) is 0 Å². The number of carbonyl (C=O) groups is 2. The van der Waals surface area contributed by atoms with E-state index >= 15 is 0 Å². The number of amides is 2. The van der Waals surface area contributed by atoms with Crippen molar-refractivity contribution in [2.24, 2.45) is 0 Å². The summed E-state index contributed by atoms with van der Waals surface area (Å²) in [5.41, 5.74) is 1.05. The predicted molar refractivity (Wildman–Crippen MR) is 123 cm³/mol. The van der Waals surface area contributed by atoms with Crippen molar-refractivity contribution in [3.8, 4) is 0 Å². The molecule has 0 aliphatic rings. The lowest BCUT2D eigenvalue weighted by atomic mass is 10.1. The molecule has 2 N–H and O–H groups in total.